The molecule has 4 saturated carbocycles. The highest BCUT2D eigenvalue weighted by molar-refractivity contribution is 5.14. The average Bonchev–Trinajstić information content (AvgIpc) is 2.79. The van der Waals surface area contributed by atoms with E-state index in [1.54, 1.807) is 5.57 Å². The standard InChI is InChI=1S/C33H58O4/c1-9-31(5,6)20-27(30(2,3)4)25-10-12-26(13-11-25)29(35)36-21-28(34)37-32(7,8)33-17-22-14-23(18-33)16-24(15-22)19-33/h10,22-24,26-29,34-35H,9,11-21H2,1-8H3. The summed E-state index contributed by atoms with van der Waals surface area (Å²) in [6.07, 6.45) is 13.6. The number of hydrogen-bond acceptors (Lipinski definition) is 4. The topological polar surface area (TPSA) is 58.9 Å². The van der Waals surface area contributed by atoms with Crippen LogP contribution in [0.25, 0.3) is 0 Å². The molecule has 214 valence electrons. The van der Waals surface area contributed by atoms with E-state index in [-0.39, 0.29) is 29.0 Å². The maximum Gasteiger partial charge on any atom is 0.178 e. The minimum Gasteiger partial charge on any atom is -0.368 e. The molecule has 0 spiro atoms. The summed E-state index contributed by atoms with van der Waals surface area (Å²) >= 11 is 0. The second-order valence-corrected chi connectivity index (χ2v) is 16.0. The third-order valence-electron chi connectivity index (χ3n) is 11.3. The van der Waals surface area contributed by atoms with Crippen molar-refractivity contribution in [1.29, 1.82) is 0 Å². The van der Waals surface area contributed by atoms with Crippen LogP contribution in [-0.2, 0) is 9.47 Å². The van der Waals surface area contributed by atoms with Crippen LogP contribution >= 0.6 is 0 Å². The summed E-state index contributed by atoms with van der Waals surface area (Å²) in [5.41, 5.74) is 1.91. The first-order valence-electron chi connectivity index (χ1n) is 15.5. The third-order valence-corrected chi connectivity index (χ3v) is 11.3. The van der Waals surface area contributed by atoms with Crippen molar-refractivity contribution in [2.24, 2.45) is 45.8 Å². The maximum absolute atomic E-state index is 10.8. The molecule has 4 atom stereocenters. The van der Waals surface area contributed by atoms with Crippen molar-refractivity contribution in [3.05, 3.63) is 11.6 Å². The molecule has 0 aromatic rings. The molecule has 4 fully saturated rings. The quantitative estimate of drug-likeness (QED) is 0.216. The van der Waals surface area contributed by atoms with Gasteiger partial charge in [0.1, 0.15) is 6.61 Å². The molecule has 5 rings (SSSR count). The van der Waals surface area contributed by atoms with E-state index in [1.165, 1.54) is 51.4 Å². The van der Waals surface area contributed by atoms with E-state index >= 15 is 0 Å². The molecule has 0 aliphatic heterocycles. The van der Waals surface area contributed by atoms with E-state index in [2.05, 4.69) is 61.5 Å². The van der Waals surface area contributed by atoms with Gasteiger partial charge in [-0.1, -0.05) is 59.6 Å². The number of aliphatic hydroxyl groups is 2. The van der Waals surface area contributed by atoms with Gasteiger partial charge in [0.2, 0.25) is 0 Å². The van der Waals surface area contributed by atoms with Crippen LogP contribution in [0, 0.1) is 45.8 Å². The molecule has 4 bridgehead atoms. The van der Waals surface area contributed by atoms with Gasteiger partial charge in [-0.2, -0.15) is 0 Å². The van der Waals surface area contributed by atoms with Crippen LogP contribution in [0.2, 0.25) is 0 Å². The summed E-state index contributed by atoms with van der Waals surface area (Å²) in [6, 6.07) is 0. The Labute approximate surface area is 228 Å². The summed E-state index contributed by atoms with van der Waals surface area (Å²) in [7, 11) is 0. The smallest absolute Gasteiger partial charge is 0.178 e. The highest BCUT2D eigenvalue weighted by atomic mass is 16.7. The Hall–Kier alpha value is -0.420. The third kappa shape index (κ3) is 6.67. The largest absolute Gasteiger partial charge is 0.368 e. The van der Waals surface area contributed by atoms with E-state index in [0.717, 1.165) is 37.0 Å². The molecule has 0 aromatic heterocycles. The van der Waals surface area contributed by atoms with Crippen molar-refractivity contribution in [3.63, 3.8) is 0 Å². The minimum absolute atomic E-state index is 0.0271. The van der Waals surface area contributed by atoms with Crippen LogP contribution in [-0.4, -0.2) is 35.0 Å². The zero-order chi connectivity index (χ0) is 27.2. The van der Waals surface area contributed by atoms with Crippen molar-refractivity contribution in [2.45, 2.75) is 144 Å². The summed E-state index contributed by atoms with van der Waals surface area (Å²) in [5.74, 6) is 3.17. The molecule has 4 nitrogen and oxygen atoms in total. The number of hydrogen-bond donors (Lipinski definition) is 2. The van der Waals surface area contributed by atoms with Crippen molar-refractivity contribution < 1.29 is 19.7 Å². The first-order valence-corrected chi connectivity index (χ1v) is 15.5. The molecule has 0 aromatic carbocycles. The summed E-state index contributed by atoms with van der Waals surface area (Å²) in [4.78, 5) is 0. The van der Waals surface area contributed by atoms with E-state index < -0.39 is 12.6 Å². The fraction of sp³-hybridized carbons (Fsp3) is 0.939. The molecule has 2 N–H and O–H groups in total. The maximum atomic E-state index is 10.8. The van der Waals surface area contributed by atoms with E-state index in [1.807, 2.05) is 0 Å². The number of rotatable bonds is 11. The van der Waals surface area contributed by atoms with E-state index in [4.69, 9.17) is 9.47 Å². The van der Waals surface area contributed by atoms with Gasteiger partial charge in [-0.3, -0.25) is 0 Å². The first-order chi connectivity index (χ1) is 17.1. The molecule has 4 heteroatoms. The number of ether oxygens (including phenoxy) is 2. The van der Waals surface area contributed by atoms with Gasteiger partial charge in [0, 0.05) is 5.92 Å². The fourth-order valence-electron chi connectivity index (χ4n) is 8.80. The van der Waals surface area contributed by atoms with Gasteiger partial charge in [0.05, 0.1) is 5.60 Å². The SMILES string of the molecule is CCC(C)(C)CC(C1=CCC(C(O)OCC(O)OC(C)(C)C23CC4CC(CC(C4)C2)C3)CC1)C(C)(C)C. The highest BCUT2D eigenvalue weighted by Crippen LogP contribution is 2.64. The summed E-state index contributed by atoms with van der Waals surface area (Å²) in [5, 5.41) is 21.6. The Balaban J connectivity index is 1.28. The molecule has 37 heavy (non-hydrogen) atoms. The molecule has 5 aliphatic carbocycles. The summed E-state index contributed by atoms with van der Waals surface area (Å²) < 4.78 is 12.1. The van der Waals surface area contributed by atoms with Crippen molar-refractivity contribution in [1.82, 2.24) is 0 Å². The Kier molecular flexibility index (Phi) is 8.68. The summed E-state index contributed by atoms with van der Waals surface area (Å²) in [6.45, 7) is 18.5. The van der Waals surface area contributed by atoms with Gasteiger partial charge >= 0.3 is 0 Å². The Morgan fingerprint density at radius 3 is 1.97 bits per heavy atom. The molecular weight excluding hydrogens is 460 g/mol. The molecule has 0 saturated heterocycles. The Morgan fingerprint density at radius 1 is 0.946 bits per heavy atom. The lowest BCUT2D eigenvalue weighted by Gasteiger charge is -2.62. The predicted molar refractivity (Wildman–Crippen MR) is 151 cm³/mol. The van der Waals surface area contributed by atoms with Gasteiger partial charge < -0.3 is 19.7 Å². The minimum atomic E-state index is -1.01. The zero-order valence-electron chi connectivity index (χ0n) is 25.3. The number of aliphatic hydroxyl groups excluding tert-OH is 2. The lowest BCUT2D eigenvalue weighted by molar-refractivity contribution is -0.274. The lowest BCUT2D eigenvalue weighted by Crippen LogP contribution is -2.58. The van der Waals surface area contributed by atoms with Crippen LogP contribution in [0.5, 0.6) is 0 Å². The van der Waals surface area contributed by atoms with Crippen molar-refractivity contribution in [2.75, 3.05) is 6.61 Å². The van der Waals surface area contributed by atoms with Crippen molar-refractivity contribution in [3.8, 4) is 0 Å². The van der Waals surface area contributed by atoms with Crippen LogP contribution < -0.4 is 0 Å². The predicted octanol–water partition coefficient (Wildman–Crippen LogP) is 7.87. The first kappa shape index (κ1) is 29.6. The van der Waals surface area contributed by atoms with Gasteiger partial charge in [-0.25, -0.2) is 0 Å². The van der Waals surface area contributed by atoms with Crippen molar-refractivity contribution >= 4 is 0 Å². The average molecular weight is 519 g/mol. The Morgan fingerprint density at radius 2 is 1.51 bits per heavy atom. The fourth-order valence-corrected chi connectivity index (χ4v) is 8.80. The second kappa shape index (κ2) is 10.9. The number of allylic oxidation sites excluding steroid dienone is 2. The van der Waals surface area contributed by atoms with Crippen LogP contribution in [0.1, 0.15) is 126 Å². The molecule has 0 amide bonds. The van der Waals surface area contributed by atoms with Gasteiger partial charge in [-0.05, 0) is 118 Å². The second-order valence-electron chi connectivity index (χ2n) is 16.0. The molecule has 5 aliphatic rings. The van der Waals surface area contributed by atoms with Gasteiger partial charge in [0.15, 0.2) is 12.6 Å². The highest BCUT2D eigenvalue weighted by Gasteiger charge is 2.58. The van der Waals surface area contributed by atoms with Gasteiger partial charge in [-0.15, -0.1) is 0 Å². The molecule has 0 heterocycles. The van der Waals surface area contributed by atoms with Gasteiger partial charge in [0.25, 0.3) is 0 Å². The normalized spacial score (nSPS) is 34.8. The Bertz CT molecular complexity index is 768. The van der Waals surface area contributed by atoms with Crippen LogP contribution in [0.3, 0.4) is 0 Å². The molecule has 0 radical (unpaired) electrons. The monoisotopic (exact) mass is 518 g/mol. The van der Waals surface area contributed by atoms with Crippen LogP contribution in [0.15, 0.2) is 11.6 Å². The lowest BCUT2D eigenvalue weighted by atomic mass is 9.46. The molecule has 4 unspecified atom stereocenters. The van der Waals surface area contributed by atoms with Crippen LogP contribution in [0.4, 0.5) is 0 Å². The van der Waals surface area contributed by atoms with E-state index in [0.29, 0.717) is 11.3 Å². The molecular formula is C33H58O4. The van der Waals surface area contributed by atoms with E-state index in [9.17, 15) is 10.2 Å². The zero-order valence-corrected chi connectivity index (χ0v) is 25.3.